The molecule has 0 radical (unpaired) electrons. The van der Waals surface area contributed by atoms with Crippen LogP contribution in [-0.2, 0) is 17.9 Å². The number of aromatic nitrogens is 3. The molecular formula is C18H28N4O2S. The van der Waals surface area contributed by atoms with Gasteiger partial charge in [-0.2, -0.15) is 0 Å². The van der Waals surface area contributed by atoms with Crippen molar-refractivity contribution in [3.8, 4) is 0 Å². The molecule has 1 amide bonds. The number of fused-ring (bicyclic) bond motifs is 1. The molecule has 2 aromatic heterocycles. The van der Waals surface area contributed by atoms with Crippen LogP contribution in [0.1, 0.15) is 33.4 Å². The summed E-state index contributed by atoms with van der Waals surface area (Å²) >= 11 is 1.47. The van der Waals surface area contributed by atoms with Gasteiger partial charge in [0.2, 0.25) is 5.91 Å². The van der Waals surface area contributed by atoms with E-state index in [4.69, 9.17) is 0 Å². The molecule has 0 saturated carbocycles. The molecule has 0 saturated heterocycles. The Hall–Kier alpha value is -1.76. The molecule has 7 heteroatoms. The molecule has 2 heterocycles. The van der Waals surface area contributed by atoms with E-state index in [1.807, 2.05) is 37.7 Å². The van der Waals surface area contributed by atoms with Crippen LogP contribution in [0.15, 0.2) is 16.0 Å². The van der Waals surface area contributed by atoms with Gasteiger partial charge in [0.05, 0.1) is 5.52 Å². The van der Waals surface area contributed by atoms with Crippen LogP contribution in [0.3, 0.4) is 0 Å². The van der Waals surface area contributed by atoms with Gasteiger partial charge in [0, 0.05) is 25.3 Å². The number of carbonyl (C=O) groups excluding carboxylic acids is 1. The molecule has 0 N–H and O–H groups in total. The van der Waals surface area contributed by atoms with E-state index in [-0.39, 0.29) is 18.0 Å². The Morgan fingerprint density at radius 3 is 2.44 bits per heavy atom. The molecule has 0 unspecified atom stereocenters. The average molecular weight is 365 g/mol. The van der Waals surface area contributed by atoms with E-state index >= 15 is 0 Å². The zero-order chi connectivity index (χ0) is 18.7. The second kappa shape index (κ2) is 8.08. The van der Waals surface area contributed by atoms with Gasteiger partial charge >= 0.3 is 0 Å². The molecule has 0 spiro atoms. The molecule has 2 aromatic rings. The molecule has 2 rings (SSSR count). The number of thioether (sulfide) groups is 1. The van der Waals surface area contributed by atoms with Gasteiger partial charge in [-0.1, -0.05) is 25.6 Å². The van der Waals surface area contributed by atoms with Crippen molar-refractivity contribution in [3.05, 3.63) is 22.1 Å². The van der Waals surface area contributed by atoms with Gasteiger partial charge in [-0.25, -0.2) is 4.98 Å². The maximum Gasteiger partial charge on any atom is 0.278 e. The highest BCUT2D eigenvalue weighted by Gasteiger charge is 2.19. The van der Waals surface area contributed by atoms with Crippen LogP contribution in [0.5, 0.6) is 0 Å². The molecule has 0 aromatic carbocycles. The van der Waals surface area contributed by atoms with Crippen LogP contribution in [0, 0.1) is 12.8 Å². The normalized spacial score (nSPS) is 11.5. The zero-order valence-electron chi connectivity index (χ0n) is 16.0. The van der Waals surface area contributed by atoms with Crippen LogP contribution in [-0.4, -0.2) is 44.3 Å². The molecule has 138 valence electrons. The van der Waals surface area contributed by atoms with Crippen molar-refractivity contribution in [2.24, 2.45) is 5.92 Å². The number of carbonyl (C=O) groups is 1. The fourth-order valence-corrected chi connectivity index (χ4v) is 3.61. The van der Waals surface area contributed by atoms with Crippen molar-refractivity contribution in [3.63, 3.8) is 0 Å². The molecule has 0 aliphatic heterocycles. The Labute approximate surface area is 153 Å². The highest BCUT2D eigenvalue weighted by Crippen LogP contribution is 2.20. The Morgan fingerprint density at radius 2 is 1.92 bits per heavy atom. The lowest BCUT2D eigenvalue weighted by Gasteiger charge is -2.20. The predicted molar refractivity (Wildman–Crippen MR) is 103 cm³/mol. The number of likely N-dealkylation sites (N-methyl/N-ethyl adjacent to an activating group) is 1. The number of nitrogens with zero attached hydrogens (tertiary/aromatic N) is 4. The fraction of sp³-hybridized carbons (Fsp3) is 0.611. The summed E-state index contributed by atoms with van der Waals surface area (Å²) < 4.78 is 3.54. The number of rotatable bonds is 7. The second-order valence-electron chi connectivity index (χ2n) is 6.58. The minimum Gasteiger partial charge on any atom is -0.342 e. The third-order valence-corrected chi connectivity index (χ3v) is 5.00. The van der Waals surface area contributed by atoms with E-state index in [0.29, 0.717) is 36.6 Å². The van der Waals surface area contributed by atoms with Crippen molar-refractivity contribution >= 4 is 28.7 Å². The van der Waals surface area contributed by atoms with Crippen LogP contribution in [0.4, 0.5) is 0 Å². The minimum absolute atomic E-state index is 0.0225. The lowest BCUT2D eigenvalue weighted by atomic mass is 10.2. The number of hydrogen-bond donors (Lipinski definition) is 0. The van der Waals surface area contributed by atoms with E-state index in [2.05, 4.69) is 18.8 Å². The van der Waals surface area contributed by atoms with Crippen molar-refractivity contribution in [2.75, 3.05) is 19.3 Å². The maximum atomic E-state index is 13.1. The van der Waals surface area contributed by atoms with Crippen molar-refractivity contribution in [1.29, 1.82) is 0 Å². The van der Waals surface area contributed by atoms with Gasteiger partial charge in [-0.3, -0.25) is 14.2 Å². The quantitative estimate of drug-likeness (QED) is 0.560. The summed E-state index contributed by atoms with van der Waals surface area (Å²) in [5, 5.41) is 0.721. The van der Waals surface area contributed by atoms with Crippen LogP contribution < -0.4 is 5.56 Å². The van der Waals surface area contributed by atoms with Gasteiger partial charge in [-0.05, 0) is 39.0 Å². The van der Waals surface area contributed by atoms with E-state index < -0.39 is 0 Å². The van der Waals surface area contributed by atoms with Gasteiger partial charge < -0.3 is 9.47 Å². The van der Waals surface area contributed by atoms with E-state index in [0.717, 1.165) is 10.9 Å². The third kappa shape index (κ3) is 3.92. The highest BCUT2D eigenvalue weighted by molar-refractivity contribution is 7.98. The van der Waals surface area contributed by atoms with Crippen molar-refractivity contribution in [2.45, 2.75) is 52.9 Å². The Kier molecular flexibility index (Phi) is 6.32. The minimum atomic E-state index is -0.0662. The largest absolute Gasteiger partial charge is 0.342 e. The molecule has 0 fully saturated rings. The van der Waals surface area contributed by atoms with Gasteiger partial charge in [0.15, 0.2) is 5.16 Å². The summed E-state index contributed by atoms with van der Waals surface area (Å²) in [6.45, 7) is 12.1. The molecular weight excluding hydrogens is 336 g/mol. The van der Waals surface area contributed by atoms with E-state index in [9.17, 15) is 9.59 Å². The number of aryl methyl sites for hydroxylation is 1. The van der Waals surface area contributed by atoms with Gasteiger partial charge in [0.1, 0.15) is 12.1 Å². The average Bonchev–Trinajstić information content (AvgIpc) is 2.86. The van der Waals surface area contributed by atoms with Crippen LogP contribution in [0.25, 0.3) is 11.0 Å². The molecule has 6 nitrogen and oxygen atoms in total. The zero-order valence-corrected chi connectivity index (χ0v) is 16.8. The smallest absolute Gasteiger partial charge is 0.278 e. The highest BCUT2D eigenvalue weighted by atomic mass is 32.2. The first-order chi connectivity index (χ1) is 11.8. The van der Waals surface area contributed by atoms with E-state index in [1.165, 1.54) is 11.8 Å². The molecule has 0 bridgehead atoms. The predicted octanol–water partition coefficient (Wildman–Crippen LogP) is 2.75. The maximum absolute atomic E-state index is 13.1. The lowest BCUT2D eigenvalue weighted by molar-refractivity contribution is -0.131. The fourth-order valence-electron chi connectivity index (χ4n) is 3.04. The summed E-state index contributed by atoms with van der Waals surface area (Å²) in [6, 6.07) is 1.89. The van der Waals surface area contributed by atoms with Gasteiger partial charge in [-0.15, -0.1) is 0 Å². The standard InChI is InChI=1S/C18H28N4O2S/c1-7-20(8-2)15(23)11-21-13(5)9-14-16(21)17(24)22(10-12(3)4)18(19-14)25-6/h9,12H,7-8,10-11H2,1-6H3. The SMILES string of the molecule is CCN(CC)C(=O)Cn1c(C)cc2nc(SC)n(CC(C)C)c(=O)c21. The first-order valence-electron chi connectivity index (χ1n) is 8.76. The summed E-state index contributed by atoms with van der Waals surface area (Å²) in [7, 11) is 0. The van der Waals surface area contributed by atoms with Crippen molar-refractivity contribution in [1.82, 2.24) is 19.0 Å². The Balaban J connectivity index is 2.60. The van der Waals surface area contributed by atoms with E-state index in [1.54, 1.807) is 9.47 Å². The Morgan fingerprint density at radius 1 is 1.28 bits per heavy atom. The summed E-state index contributed by atoms with van der Waals surface area (Å²) in [5.41, 5.74) is 2.01. The molecule has 25 heavy (non-hydrogen) atoms. The summed E-state index contributed by atoms with van der Waals surface area (Å²) in [6.07, 6.45) is 1.93. The number of hydrogen-bond acceptors (Lipinski definition) is 4. The molecule has 0 aliphatic carbocycles. The van der Waals surface area contributed by atoms with Crippen molar-refractivity contribution < 1.29 is 4.79 Å². The topological polar surface area (TPSA) is 60.1 Å². The summed E-state index contributed by atoms with van der Waals surface area (Å²) in [5.74, 6) is 0.360. The van der Waals surface area contributed by atoms with Gasteiger partial charge in [0.25, 0.3) is 5.56 Å². The molecule has 0 atom stereocenters. The first-order valence-corrected chi connectivity index (χ1v) is 9.98. The van der Waals surface area contributed by atoms with Crippen LogP contribution in [0.2, 0.25) is 0 Å². The van der Waals surface area contributed by atoms with Crippen LogP contribution >= 0.6 is 11.8 Å². The molecule has 0 aliphatic rings. The number of amides is 1. The lowest BCUT2D eigenvalue weighted by Crippen LogP contribution is -2.34. The Bertz CT molecular complexity index is 819. The first kappa shape index (κ1) is 19.6. The second-order valence-corrected chi connectivity index (χ2v) is 7.35. The monoisotopic (exact) mass is 364 g/mol. The third-order valence-electron chi connectivity index (χ3n) is 4.32. The summed E-state index contributed by atoms with van der Waals surface area (Å²) in [4.78, 5) is 32.1.